The Bertz CT molecular complexity index is 1000. The van der Waals surface area contributed by atoms with Crippen molar-refractivity contribution in [2.45, 2.75) is 18.4 Å². The van der Waals surface area contributed by atoms with Crippen LogP contribution < -0.4 is 14.8 Å². The van der Waals surface area contributed by atoms with Crippen LogP contribution in [0.5, 0.6) is 11.5 Å². The minimum absolute atomic E-state index is 0.0828. The molecule has 29 heavy (non-hydrogen) atoms. The summed E-state index contributed by atoms with van der Waals surface area (Å²) in [5, 5.41) is 12.4. The van der Waals surface area contributed by atoms with Crippen molar-refractivity contribution < 1.29 is 24.2 Å². The molecule has 2 aromatic carbocycles. The fourth-order valence-corrected chi connectivity index (χ4v) is 4.99. The van der Waals surface area contributed by atoms with E-state index >= 15 is 0 Å². The number of carbonyl (C=O) groups is 2. The van der Waals surface area contributed by atoms with Crippen LogP contribution in [-0.4, -0.2) is 48.8 Å². The van der Waals surface area contributed by atoms with Gasteiger partial charge in [0.2, 0.25) is 0 Å². The van der Waals surface area contributed by atoms with Crippen LogP contribution >= 0.6 is 0 Å². The third kappa shape index (κ3) is 2.64. The number of nitrogens with zero attached hydrogens (tertiary/aromatic N) is 1. The molecule has 2 amide bonds. The molecule has 3 aliphatic rings. The Hall–Kier alpha value is -3.22. The Labute approximate surface area is 168 Å². The van der Waals surface area contributed by atoms with E-state index in [2.05, 4.69) is 5.32 Å². The van der Waals surface area contributed by atoms with Crippen LogP contribution in [0.25, 0.3) is 0 Å². The van der Waals surface area contributed by atoms with Crippen LogP contribution in [0, 0.1) is 5.41 Å². The van der Waals surface area contributed by atoms with Gasteiger partial charge in [0.05, 0.1) is 13.7 Å². The molecule has 2 atom stereocenters. The topological polar surface area (TPSA) is 88.1 Å². The maximum atomic E-state index is 11.9. The van der Waals surface area contributed by atoms with Gasteiger partial charge in [-0.25, -0.2) is 4.79 Å². The van der Waals surface area contributed by atoms with Crippen molar-refractivity contribution in [1.29, 1.82) is 0 Å². The molecular formula is C22H22N2O5. The molecule has 0 bridgehead atoms. The molecular weight excluding hydrogens is 372 g/mol. The smallest absolute Gasteiger partial charge is 0.407 e. The van der Waals surface area contributed by atoms with E-state index in [0.717, 1.165) is 23.3 Å². The van der Waals surface area contributed by atoms with Crippen molar-refractivity contribution in [1.82, 2.24) is 10.2 Å². The molecule has 0 aromatic heterocycles. The van der Waals surface area contributed by atoms with Crippen molar-refractivity contribution in [2.75, 3.05) is 26.8 Å². The highest BCUT2D eigenvalue weighted by Crippen LogP contribution is 2.69. The molecule has 2 N–H and O–H groups in total. The van der Waals surface area contributed by atoms with Crippen LogP contribution in [0.4, 0.5) is 4.79 Å². The lowest BCUT2D eigenvalue weighted by Crippen LogP contribution is -2.32. The number of ether oxygens (including phenoxy) is 2. The van der Waals surface area contributed by atoms with Crippen LogP contribution in [0.15, 0.2) is 42.5 Å². The number of carboxylic acid groups (broad SMARTS) is 1. The van der Waals surface area contributed by atoms with Crippen LogP contribution in [0.1, 0.15) is 27.9 Å². The highest BCUT2D eigenvalue weighted by Gasteiger charge is 2.74. The summed E-state index contributed by atoms with van der Waals surface area (Å²) in [5.74, 6) is 1.33. The third-order valence-corrected chi connectivity index (χ3v) is 6.68. The number of hydrogen-bond acceptors (Lipinski definition) is 4. The van der Waals surface area contributed by atoms with E-state index in [4.69, 9.17) is 9.47 Å². The highest BCUT2D eigenvalue weighted by atomic mass is 16.5. The normalized spacial score (nSPS) is 26.5. The molecule has 1 aliphatic carbocycles. The lowest BCUT2D eigenvalue weighted by atomic mass is 9.89. The van der Waals surface area contributed by atoms with Gasteiger partial charge in [-0.2, -0.15) is 0 Å². The van der Waals surface area contributed by atoms with E-state index in [-0.39, 0.29) is 16.7 Å². The summed E-state index contributed by atoms with van der Waals surface area (Å²) in [6.45, 7) is 1.86. The van der Waals surface area contributed by atoms with Gasteiger partial charge in [-0.15, -0.1) is 0 Å². The molecule has 2 aromatic rings. The number of nitrogens with one attached hydrogen (secondary N) is 1. The Morgan fingerprint density at radius 1 is 1.17 bits per heavy atom. The van der Waals surface area contributed by atoms with Crippen molar-refractivity contribution in [2.24, 2.45) is 5.41 Å². The summed E-state index contributed by atoms with van der Waals surface area (Å²) in [7, 11) is 1.63. The minimum Gasteiger partial charge on any atom is -0.497 e. The van der Waals surface area contributed by atoms with Crippen molar-refractivity contribution in [3.05, 3.63) is 59.2 Å². The number of carbonyl (C=O) groups excluding carboxylic acids is 1. The average molecular weight is 394 g/mol. The highest BCUT2D eigenvalue weighted by molar-refractivity contribution is 5.98. The number of likely N-dealkylation sites (tertiary alicyclic amines) is 1. The molecule has 0 spiro atoms. The Morgan fingerprint density at radius 2 is 1.93 bits per heavy atom. The lowest BCUT2D eigenvalue weighted by molar-refractivity contribution is 0.0965. The molecule has 1 saturated heterocycles. The summed E-state index contributed by atoms with van der Waals surface area (Å²) in [6, 6.07) is 13.4. The van der Waals surface area contributed by atoms with E-state index in [1.165, 1.54) is 4.90 Å². The van der Waals surface area contributed by atoms with E-state index in [9.17, 15) is 14.7 Å². The zero-order valence-electron chi connectivity index (χ0n) is 16.1. The Balaban J connectivity index is 1.39. The predicted molar refractivity (Wildman–Crippen MR) is 104 cm³/mol. The van der Waals surface area contributed by atoms with Gasteiger partial charge in [-0.3, -0.25) is 4.79 Å². The van der Waals surface area contributed by atoms with Gasteiger partial charge in [0.1, 0.15) is 11.5 Å². The molecule has 1 saturated carbocycles. The molecule has 150 valence electrons. The third-order valence-electron chi connectivity index (χ3n) is 6.68. The molecule has 2 aliphatic heterocycles. The van der Waals surface area contributed by atoms with E-state index < -0.39 is 6.09 Å². The second kappa shape index (κ2) is 6.14. The standard InChI is InChI=1S/C22H22N2O5/c1-28-16-6-3-15(4-7-16)22-10-21(22,11-24(12-22)20(26)27)13-29-17-5-2-14-9-23-19(25)18(14)8-17/h2-8H,9-13H2,1H3,(H,23,25)(H,26,27). The number of rotatable bonds is 5. The molecule has 0 radical (unpaired) electrons. The average Bonchev–Trinajstić information content (AvgIpc) is 3.02. The second-order valence-corrected chi connectivity index (χ2v) is 8.20. The van der Waals surface area contributed by atoms with Gasteiger partial charge >= 0.3 is 6.09 Å². The van der Waals surface area contributed by atoms with Gasteiger partial charge in [0.15, 0.2) is 0 Å². The summed E-state index contributed by atoms with van der Waals surface area (Å²) < 4.78 is 11.4. The second-order valence-electron chi connectivity index (χ2n) is 8.20. The molecule has 7 nitrogen and oxygen atoms in total. The van der Waals surface area contributed by atoms with Crippen molar-refractivity contribution in [3.8, 4) is 11.5 Å². The lowest BCUT2D eigenvalue weighted by Gasteiger charge is -2.18. The number of benzene rings is 2. The SMILES string of the molecule is COc1ccc(C23CN(C(=O)O)CC2(COc2ccc4c(c2)C(=O)NC4)C3)cc1. The van der Waals surface area contributed by atoms with Gasteiger partial charge in [0.25, 0.3) is 5.91 Å². The first kappa shape index (κ1) is 17.8. The van der Waals surface area contributed by atoms with Gasteiger partial charge in [-0.05, 0) is 41.8 Å². The van der Waals surface area contributed by atoms with Crippen LogP contribution in [-0.2, 0) is 12.0 Å². The molecule has 2 fully saturated rings. The number of fused-ring (bicyclic) bond motifs is 2. The monoisotopic (exact) mass is 394 g/mol. The van der Waals surface area contributed by atoms with E-state index in [0.29, 0.717) is 37.6 Å². The number of piperidine rings is 1. The molecule has 5 rings (SSSR count). The zero-order chi connectivity index (χ0) is 20.2. The van der Waals surface area contributed by atoms with Crippen LogP contribution in [0.2, 0.25) is 0 Å². The molecule has 7 heteroatoms. The maximum absolute atomic E-state index is 11.9. The largest absolute Gasteiger partial charge is 0.497 e. The summed E-state index contributed by atoms with van der Waals surface area (Å²) in [4.78, 5) is 25.0. The predicted octanol–water partition coefficient (Wildman–Crippen LogP) is 2.64. The first-order valence-electron chi connectivity index (χ1n) is 9.63. The van der Waals surface area contributed by atoms with Crippen molar-refractivity contribution >= 4 is 12.0 Å². The zero-order valence-corrected chi connectivity index (χ0v) is 16.1. The quantitative estimate of drug-likeness (QED) is 0.814. The van der Waals surface area contributed by atoms with Gasteiger partial charge in [-0.1, -0.05) is 18.2 Å². The fraction of sp³-hybridized carbons (Fsp3) is 0.364. The van der Waals surface area contributed by atoms with Gasteiger partial charge < -0.3 is 24.8 Å². The Morgan fingerprint density at radius 3 is 2.66 bits per heavy atom. The van der Waals surface area contributed by atoms with E-state index in [1.807, 2.05) is 36.4 Å². The summed E-state index contributed by atoms with van der Waals surface area (Å²) in [5.41, 5.74) is 2.22. The Kier molecular flexibility index (Phi) is 3.78. The van der Waals surface area contributed by atoms with Crippen LogP contribution in [0.3, 0.4) is 0 Å². The number of amides is 2. The molecule has 2 heterocycles. The van der Waals surface area contributed by atoms with Crippen molar-refractivity contribution in [3.63, 3.8) is 0 Å². The summed E-state index contributed by atoms with van der Waals surface area (Å²) >= 11 is 0. The number of hydrogen-bond donors (Lipinski definition) is 2. The number of methoxy groups -OCH3 is 1. The minimum atomic E-state index is -0.904. The first-order valence-corrected chi connectivity index (χ1v) is 9.63. The van der Waals surface area contributed by atoms with Gasteiger partial charge in [0, 0.05) is 36.0 Å². The summed E-state index contributed by atoms with van der Waals surface area (Å²) in [6.07, 6.45) is -0.0275. The van der Waals surface area contributed by atoms with E-state index in [1.54, 1.807) is 13.2 Å². The molecule has 2 unspecified atom stereocenters. The fourth-order valence-electron chi connectivity index (χ4n) is 4.99. The first-order chi connectivity index (χ1) is 14.0. The maximum Gasteiger partial charge on any atom is 0.407 e.